The summed E-state index contributed by atoms with van der Waals surface area (Å²) < 4.78 is 11.3. The van der Waals surface area contributed by atoms with E-state index in [0.29, 0.717) is 33.5 Å². The summed E-state index contributed by atoms with van der Waals surface area (Å²) in [6, 6.07) is 11.0. The topological polar surface area (TPSA) is 123 Å². The normalized spacial score (nSPS) is 10.8. The second kappa shape index (κ2) is 9.53. The minimum absolute atomic E-state index is 0.0673. The maximum atomic E-state index is 10.8. The van der Waals surface area contributed by atoms with E-state index in [2.05, 4.69) is 22.0 Å². The molecule has 144 valence electrons. The Morgan fingerprint density at radius 1 is 1.32 bits per heavy atom. The Morgan fingerprint density at radius 3 is 2.54 bits per heavy atom. The van der Waals surface area contributed by atoms with Crippen LogP contribution in [0.2, 0.25) is 0 Å². The molecule has 0 aliphatic carbocycles. The van der Waals surface area contributed by atoms with Crippen LogP contribution in [0.5, 0.6) is 11.5 Å². The summed E-state index contributed by atoms with van der Waals surface area (Å²) in [6.45, 7) is 1.57. The van der Waals surface area contributed by atoms with Gasteiger partial charge in [0.2, 0.25) is 0 Å². The monoisotopic (exact) mass is 446 g/mol. The van der Waals surface area contributed by atoms with Crippen molar-refractivity contribution in [2.75, 3.05) is 13.2 Å². The SMILES string of the molecule is CCOc1cc(/C=C(\C#N)c2ccc([N+](=O)[O-])cc2)cc(Br)c1OCC(=O)O. The van der Waals surface area contributed by atoms with Crippen molar-refractivity contribution < 1.29 is 24.3 Å². The fourth-order valence-corrected chi connectivity index (χ4v) is 2.89. The fourth-order valence-electron chi connectivity index (χ4n) is 2.32. The predicted molar refractivity (Wildman–Crippen MR) is 105 cm³/mol. The Hall–Kier alpha value is -3.38. The molecule has 0 saturated heterocycles. The number of nitrogens with zero attached hydrogens (tertiary/aromatic N) is 2. The van der Waals surface area contributed by atoms with Crippen molar-refractivity contribution in [3.05, 3.63) is 62.1 Å². The van der Waals surface area contributed by atoms with Gasteiger partial charge in [0.15, 0.2) is 18.1 Å². The number of non-ortho nitro benzene ring substituents is 1. The van der Waals surface area contributed by atoms with Gasteiger partial charge in [0.25, 0.3) is 5.69 Å². The first kappa shape index (κ1) is 20.9. The number of benzene rings is 2. The van der Waals surface area contributed by atoms with Gasteiger partial charge in [0.05, 0.1) is 27.6 Å². The molecule has 0 unspecified atom stereocenters. The third-order valence-electron chi connectivity index (χ3n) is 3.49. The highest BCUT2D eigenvalue weighted by Gasteiger charge is 2.14. The van der Waals surface area contributed by atoms with E-state index >= 15 is 0 Å². The number of carboxylic acid groups (broad SMARTS) is 1. The highest BCUT2D eigenvalue weighted by atomic mass is 79.9. The van der Waals surface area contributed by atoms with E-state index in [0.717, 1.165) is 0 Å². The van der Waals surface area contributed by atoms with Crippen LogP contribution in [0.15, 0.2) is 40.9 Å². The largest absolute Gasteiger partial charge is 0.490 e. The van der Waals surface area contributed by atoms with E-state index in [1.165, 1.54) is 24.3 Å². The van der Waals surface area contributed by atoms with Crippen LogP contribution in [0, 0.1) is 21.4 Å². The summed E-state index contributed by atoms with van der Waals surface area (Å²) in [7, 11) is 0. The van der Waals surface area contributed by atoms with Gasteiger partial charge in [-0.1, -0.05) is 0 Å². The Bertz CT molecular complexity index is 964. The number of allylic oxidation sites excluding steroid dienone is 1. The van der Waals surface area contributed by atoms with E-state index in [1.807, 2.05) is 0 Å². The van der Waals surface area contributed by atoms with Crippen molar-refractivity contribution in [1.82, 2.24) is 0 Å². The number of rotatable bonds is 8. The summed E-state index contributed by atoms with van der Waals surface area (Å²) in [4.78, 5) is 21.0. The van der Waals surface area contributed by atoms with E-state index in [4.69, 9.17) is 14.6 Å². The number of carboxylic acids is 1. The van der Waals surface area contributed by atoms with Gasteiger partial charge in [-0.05, 0) is 64.3 Å². The molecule has 0 spiro atoms. The van der Waals surface area contributed by atoms with Crippen LogP contribution in [0.1, 0.15) is 18.1 Å². The maximum absolute atomic E-state index is 10.8. The molecule has 28 heavy (non-hydrogen) atoms. The summed E-state index contributed by atoms with van der Waals surface area (Å²) in [5.74, 6) is -0.552. The van der Waals surface area contributed by atoms with Crippen molar-refractivity contribution in [2.24, 2.45) is 0 Å². The van der Waals surface area contributed by atoms with E-state index in [-0.39, 0.29) is 11.4 Å². The number of aliphatic carboxylic acids is 1. The smallest absolute Gasteiger partial charge is 0.341 e. The molecule has 0 saturated carbocycles. The Morgan fingerprint density at radius 2 is 2.00 bits per heavy atom. The van der Waals surface area contributed by atoms with Gasteiger partial charge in [-0.3, -0.25) is 10.1 Å². The first-order chi connectivity index (χ1) is 13.3. The van der Waals surface area contributed by atoms with Gasteiger partial charge in [0.1, 0.15) is 0 Å². The molecule has 0 fully saturated rings. The molecule has 0 aliphatic rings. The number of hydrogen-bond acceptors (Lipinski definition) is 6. The molecule has 8 nitrogen and oxygen atoms in total. The van der Waals surface area contributed by atoms with Crippen molar-refractivity contribution in [3.8, 4) is 17.6 Å². The fraction of sp³-hybridized carbons (Fsp3) is 0.158. The second-order valence-corrected chi connectivity index (χ2v) is 6.27. The number of nitro groups is 1. The lowest BCUT2D eigenvalue weighted by atomic mass is 10.0. The zero-order valence-electron chi connectivity index (χ0n) is 14.7. The summed E-state index contributed by atoms with van der Waals surface area (Å²) in [6.07, 6.45) is 1.59. The van der Waals surface area contributed by atoms with Crippen LogP contribution in [-0.2, 0) is 4.79 Å². The number of nitro benzene ring substituents is 1. The van der Waals surface area contributed by atoms with Crippen LogP contribution < -0.4 is 9.47 Å². The molecule has 0 aromatic heterocycles. The average Bonchev–Trinajstić information content (AvgIpc) is 2.65. The first-order valence-electron chi connectivity index (χ1n) is 8.03. The molecule has 0 amide bonds. The zero-order valence-corrected chi connectivity index (χ0v) is 16.3. The molecular weight excluding hydrogens is 432 g/mol. The Labute approximate surface area is 168 Å². The van der Waals surface area contributed by atoms with Crippen LogP contribution >= 0.6 is 15.9 Å². The molecule has 0 radical (unpaired) electrons. The molecule has 2 aromatic carbocycles. The second-order valence-electron chi connectivity index (χ2n) is 5.42. The molecule has 0 aliphatic heterocycles. The third kappa shape index (κ3) is 5.31. The van der Waals surface area contributed by atoms with Crippen molar-refractivity contribution in [1.29, 1.82) is 5.26 Å². The Balaban J connectivity index is 2.43. The van der Waals surface area contributed by atoms with E-state index in [1.54, 1.807) is 25.1 Å². The molecule has 9 heteroatoms. The van der Waals surface area contributed by atoms with Gasteiger partial charge >= 0.3 is 5.97 Å². The van der Waals surface area contributed by atoms with Gasteiger partial charge in [-0.2, -0.15) is 5.26 Å². The Kier molecular flexibility index (Phi) is 7.12. The van der Waals surface area contributed by atoms with Crippen LogP contribution in [0.25, 0.3) is 11.6 Å². The molecule has 2 aromatic rings. The molecular formula is C19H15BrN2O6. The van der Waals surface area contributed by atoms with Crippen LogP contribution in [-0.4, -0.2) is 29.2 Å². The third-order valence-corrected chi connectivity index (χ3v) is 4.08. The summed E-state index contributed by atoms with van der Waals surface area (Å²) >= 11 is 3.33. The summed E-state index contributed by atoms with van der Waals surface area (Å²) in [5.41, 5.74) is 1.35. The minimum Gasteiger partial charge on any atom is -0.490 e. The van der Waals surface area contributed by atoms with Crippen molar-refractivity contribution in [3.63, 3.8) is 0 Å². The molecule has 0 heterocycles. The summed E-state index contributed by atoms with van der Waals surface area (Å²) in [5, 5.41) is 29.0. The number of ether oxygens (including phenoxy) is 2. The van der Waals surface area contributed by atoms with Crippen molar-refractivity contribution in [2.45, 2.75) is 6.92 Å². The number of hydrogen-bond donors (Lipinski definition) is 1. The lowest BCUT2D eigenvalue weighted by Gasteiger charge is -2.13. The first-order valence-corrected chi connectivity index (χ1v) is 8.82. The lowest BCUT2D eigenvalue weighted by Crippen LogP contribution is -2.10. The lowest BCUT2D eigenvalue weighted by molar-refractivity contribution is -0.384. The van der Waals surface area contributed by atoms with Gasteiger partial charge in [-0.25, -0.2) is 4.79 Å². The van der Waals surface area contributed by atoms with Crippen LogP contribution in [0.4, 0.5) is 5.69 Å². The molecule has 0 bridgehead atoms. The highest BCUT2D eigenvalue weighted by Crippen LogP contribution is 2.38. The van der Waals surface area contributed by atoms with E-state index in [9.17, 15) is 20.2 Å². The van der Waals surface area contributed by atoms with Gasteiger partial charge in [0, 0.05) is 12.1 Å². The standard InChI is InChI=1S/C19H15BrN2O6/c1-2-27-17-9-12(8-16(20)19(17)28-11-18(23)24)7-14(10-21)13-3-5-15(6-4-13)22(25)26/h3-9H,2,11H2,1H3,(H,23,24)/b14-7+. The zero-order chi connectivity index (χ0) is 20.7. The number of nitriles is 1. The number of halogens is 1. The molecule has 0 atom stereocenters. The van der Waals surface area contributed by atoms with E-state index < -0.39 is 17.5 Å². The minimum atomic E-state index is -1.12. The number of carbonyl (C=O) groups is 1. The predicted octanol–water partition coefficient (Wildman–Crippen LogP) is 4.28. The maximum Gasteiger partial charge on any atom is 0.341 e. The van der Waals surface area contributed by atoms with Crippen molar-refractivity contribution >= 4 is 39.2 Å². The average molecular weight is 447 g/mol. The van der Waals surface area contributed by atoms with Gasteiger partial charge < -0.3 is 14.6 Å². The van der Waals surface area contributed by atoms with Gasteiger partial charge in [-0.15, -0.1) is 0 Å². The quantitative estimate of drug-likeness (QED) is 0.277. The molecule has 1 N–H and O–H groups in total. The molecule has 2 rings (SSSR count). The van der Waals surface area contributed by atoms with Crippen LogP contribution in [0.3, 0.4) is 0 Å². The highest BCUT2D eigenvalue weighted by molar-refractivity contribution is 9.10.